The van der Waals surface area contributed by atoms with Gasteiger partial charge in [0.2, 0.25) is 5.95 Å². The van der Waals surface area contributed by atoms with Crippen molar-refractivity contribution in [1.29, 1.82) is 0 Å². The monoisotopic (exact) mass is 351 g/mol. The summed E-state index contributed by atoms with van der Waals surface area (Å²) >= 11 is 0. The number of aromatic nitrogens is 2. The Morgan fingerprint density at radius 3 is 2.69 bits per heavy atom. The summed E-state index contributed by atoms with van der Waals surface area (Å²) in [5.74, 6) is 0.962. The van der Waals surface area contributed by atoms with Crippen molar-refractivity contribution >= 4 is 23.2 Å². The van der Waals surface area contributed by atoms with Crippen molar-refractivity contribution in [2.24, 2.45) is 5.92 Å². The minimum Gasteiger partial charge on any atom is -0.372 e. The topological polar surface area (TPSA) is 70.2 Å². The molecule has 0 spiro atoms. The van der Waals surface area contributed by atoms with Crippen molar-refractivity contribution in [2.45, 2.75) is 19.8 Å². The predicted octanol–water partition coefficient (Wildman–Crippen LogP) is 3.56. The molecule has 2 aromatic rings. The van der Waals surface area contributed by atoms with Gasteiger partial charge in [-0.3, -0.25) is 4.79 Å². The van der Waals surface area contributed by atoms with Crippen molar-refractivity contribution in [3.63, 3.8) is 0 Å². The molecule has 6 nitrogen and oxygen atoms in total. The van der Waals surface area contributed by atoms with Crippen molar-refractivity contribution in [3.05, 3.63) is 54.9 Å². The Hall–Kier alpha value is -2.89. The first-order chi connectivity index (χ1) is 12.7. The van der Waals surface area contributed by atoms with Crippen LogP contribution in [0, 0.1) is 5.92 Å². The maximum Gasteiger partial charge on any atom is 0.274 e. The lowest BCUT2D eigenvalue weighted by Gasteiger charge is -2.32. The first kappa shape index (κ1) is 17.9. The summed E-state index contributed by atoms with van der Waals surface area (Å²) in [6, 6.07) is 9.58. The van der Waals surface area contributed by atoms with Crippen LogP contribution < -0.4 is 15.5 Å². The molecule has 26 heavy (non-hydrogen) atoms. The van der Waals surface area contributed by atoms with E-state index in [0.29, 0.717) is 18.2 Å². The normalized spacial score (nSPS) is 14.7. The zero-order valence-corrected chi connectivity index (χ0v) is 15.1. The van der Waals surface area contributed by atoms with E-state index >= 15 is 0 Å². The summed E-state index contributed by atoms with van der Waals surface area (Å²) in [5.41, 5.74) is 2.27. The van der Waals surface area contributed by atoms with Gasteiger partial charge in [-0.1, -0.05) is 13.0 Å². The third-order valence-electron chi connectivity index (χ3n) is 4.57. The number of carbonyl (C=O) groups is 1. The molecular weight excluding hydrogens is 326 g/mol. The molecule has 136 valence electrons. The highest BCUT2D eigenvalue weighted by Crippen LogP contribution is 2.24. The van der Waals surface area contributed by atoms with Crippen LogP contribution in [0.15, 0.2) is 49.2 Å². The van der Waals surface area contributed by atoms with Gasteiger partial charge < -0.3 is 15.5 Å². The van der Waals surface area contributed by atoms with E-state index in [1.807, 2.05) is 12.1 Å². The Balaban J connectivity index is 1.61. The Morgan fingerprint density at radius 2 is 2.00 bits per heavy atom. The molecule has 0 saturated carbocycles. The molecule has 1 aliphatic rings. The van der Waals surface area contributed by atoms with Crippen molar-refractivity contribution in [2.75, 3.05) is 35.2 Å². The van der Waals surface area contributed by atoms with Crippen LogP contribution in [-0.2, 0) is 0 Å². The van der Waals surface area contributed by atoms with Crippen LogP contribution >= 0.6 is 0 Å². The number of rotatable bonds is 6. The molecule has 2 N–H and O–H groups in total. The zero-order chi connectivity index (χ0) is 18.4. The Kier molecular flexibility index (Phi) is 5.84. The summed E-state index contributed by atoms with van der Waals surface area (Å²) in [4.78, 5) is 23.1. The molecule has 3 rings (SSSR count). The van der Waals surface area contributed by atoms with E-state index in [-0.39, 0.29) is 5.91 Å². The first-order valence-electron chi connectivity index (χ1n) is 9.00. The van der Waals surface area contributed by atoms with Gasteiger partial charge >= 0.3 is 0 Å². The smallest absolute Gasteiger partial charge is 0.274 e. The van der Waals surface area contributed by atoms with E-state index < -0.39 is 0 Å². The summed E-state index contributed by atoms with van der Waals surface area (Å²) in [5, 5.41) is 5.86. The summed E-state index contributed by atoms with van der Waals surface area (Å²) < 4.78 is 0. The van der Waals surface area contributed by atoms with Gasteiger partial charge in [0.1, 0.15) is 5.69 Å². The lowest BCUT2D eigenvalue weighted by atomic mass is 9.99. The highest BCUT2D eigenvalue weighted by atomic mass is 16.1. The highest BCUT2D eigenvalue weighted by molar-refractivity contribution is 6.03. The molecule has 6 heteroatoms. The fourth-order valence-corrected chi connectivity index (χ4v) is 2.95. The van der Waals surface area contributed by atoms with Gasteiger partial charge in [0.25, 0.3) is 5.91 Å². The predicted molar refractivity (Wildman–Crippen MR) is 106 cm³/mol. The number of hydrogen-bond acceptors (Lipinski definition) is 5. The van der Waals surface area contributed by atoms with Crippen LogP contribution in [-0.4, -0.2) is 35.5 Å². The standard InChI is InChI=1S/C20H25N5O/c1-3-11-21-20-22-12-8-18(24-20)19(26)23-16-4-6-17(7-5-16)25-13-9-15(2)10-14-25/h3-8,12,15H,1,9-11,13-14H2,2H3,(H,23,26)(H,21,22,24). The quantitative estimate of drug-likeness (QED) is 0.779. The molecule has 0 unspecified atom stereocenters. The maximum absolute atomic E-state index is 12.4. The Bertz CT molecular complexity index is 751. The number of carbonyl (C=O) groups excluding carboxylic acids is 1. The number of nitrogens with zero attached hydrogens (tertiary/aromatic N) is 3. The molecule has 1 aromatic carbocycles. The van der Waals surface area contributed by atoms with E-state index in [2.05, 4.69) is 51.1 Å². The number of hydrogen-bond donors (Lipinski definition) is 2. The van der Waals surface area contributed by atoms with E-state index in [1.54, 1.807) is 18.3 Å². The minimum atomic E-state index is -0.256. The molecule has 2 heterocycles. The lowest BCUT2D eigenvalue weighted by Crippen LogP contribution is -2.32. The average molecular weight is 351 g/mol. The molecule has 0 bridgehead atoms. The van der Waals surface area contributed by atoms with Crippen LogP contribution in [0.4, 0.5) is 17.3 Å². The van der Waals surface area contributed by atoms with Gasteiger partial charge in [-0.05, 0) is 49.1 Å². The van der Waals surface area contributed by atoms with Crippen LogP contribution in [0.25, 0.3) is 0 Å². The van der Waals surface area contributed by atoms with Gasteiger partial charge in [0.15, 0.2) is 0 Å². The fraction of sp³-hybridized carbons (Fsp3) is 0.350. The highest BCUT2D eigenvalue weighted by Gasteiger charge is 2.16. The Labute approximate surface area is 154 Å². The van der Waals surface area contributed by atoms with Crippen molar-refractivity contribution in [1.82, 2.24) is 9.97 Å². The van der Waals surface area contributed by atoms with E-state index in [9.17, 15) is 4.79 Å². The summed E-state index contributed by atoms with van der Waals surface area (Å²) in [6.07, 6.45) is 5.73. The van der Waals surface area contributed by atoms with Crippen molar-refractivity contribution < 1.29 is 4.79 Å². The molecule has 1 amide bonds. The average Bonchev–Trinajstić information content (AvgIpc) is 2.68. The lowest BCUT2D eigenvalue weighted by molar-refractivity contribution is 0.102. The third-order valence-corrected chi connectivity index (χ3v) is 4.57. The van der Waals surface area contributed by atoms with Crippen LogP contribution in [0.1, 0.15) is 30.3 Å². The SMILES string of the molecule is C=CCNc1nccc(C(=O)Nc2ccc(N3CCC(C)CC3)cc2)n1. The molecule has 1 fully saturated rings. The van der Waals surface area contributed by atoms with Gasteiger partial charge in [-0.25, -0.2) is 9.97 Å². The number of piperidine rings is 1. The van der Waals surface area contributed by atoms with Crippen LogP contribution in [0.2, 0.25) is 0 Å². The van der Waals surface area contributed by atoms with E-state index in [4.69, 9.17) is 0 Å². The summed E-state index contributed by atoms with van der Waals surface area (Å²) in [6.45, 7) is 8.67. The molecule has 1 saturated heterocycles. The Morgan fingerprint density at radius 1 is 1.27 bits per heavy atom. The summed E-state index contributed by atoms with van der Waals surface area (Å²) in [7, 11) is 0. The first-order valence-corrected chi connectivity index (χ1v) is 9.00. The molecule has 1 aromatic heterocycles. The second-order valence-electron chi connectivity index (χ2n) is 6.61. The maximum atomic E-state index is 12.4. The van der Waals surface area contributed by atoms with E-state index in [1.165, 1.54) is 18.5 Å². The molecule has 0 radical (unpaired) electrons. The van der Waals surface area contributed by atoms with Gasteiger partial charge in [-0.15, -0.1) is 6.58 Å². The fourth-order valence-electron chi connectivity index (χ4n) is 2.95. The van der Waals surface area contributed by atoms with Crippen LogP contribution in [0.5, 0.6) is 0 Å². The number of benzene rings is 1. The van der Waals surface area contributed by atoms with Crippen molar-refractivity contribution in [3.8, 4) is 0 Å². The molecular formula is C20H25N5O. The second-order valence-corrected chi connectivity index (χ2v) is 6.61. The number of anilines is 3. The second kappa shape index (κ2) is 8.47. The zero-order valence-electron chi connectivity index (χ0n) is 15.1. The molecule has 0 atom stereocenters. The number of nitrogens with one attached hydrogen (secondary N) is 2. The number of amides is 1. The van der Waals surface area contributed by atoms with Gasteiger partial charge in [0, 0.05) is 37.2 Å². The largest absolute Gasteiger partial charge is 0.372 e. The van der Waals surface area contributed by atoms with Gasteiger partial charge in [0.05, 0.1) is 0 Å². The van der Waals surface area contributed by atoms with E-state index in [0.717, 1.165) is 24.7 Å². The van der Waals surface area contributed by atoms with Gasteiger partial charge in [-0.2, -0.15) is 0 Å². The minimum absolute atomic E-state index is 0.256. The molecule has 0 aliphatic carbocycles. The van der Waals surface area contributed by atoms with Crippen LogP contribution in [0.3, 0.4) is 0 Å². The third kappa shape index (κ3) is 4.59. The molecule has 1 aliphatic heterocycles.